The molecule has 0 aromatic heterocycles. The van der Waals surface area contributed by atoms with Crippen molar-refractivity contribution in [3.05, 3.63) is 48.5 Å². The fourth-order valence-electron chi connectivity index (χ4n) is 1.30. The predicted octanol–water partition coefficient (Wildman–Crippen LogP) is 1.01. The first-order valence-corrected chi connectivity index (χ1v) is 13.0. The number of rotatable bonds is 2. The molecule has 0 amide bonds. The van der Waals surface area contributed by atoms with E-state index < -0.39 is 0 Å². The van der Waals surface area contributed by atoms with Gasteiger partial charge >= 0.3 is 26.2 Å². The Morgan fingerprint density at radius 2 is 0.944 bits per heavy atom. The van der Waals surface area contributed by atoms with E-state index in [4.69, 9.17) is 0 Å². The average molecular weight is 369 g/mol. The molecule has 1 radical (unpaired) electrons. The Hall–Kier alpha value is 0.234. The third kappa shape index (κ3) is 11.3. The third-order valence-electron chi connectivity index (χ3n) is 2.28. The summed E-state index contributed by atoms with van der Waals surface area (Å²) >= 11 is 0. The summed E-state index contributed by atoms with van der Waals surface area (Å²) in [7, 11) is 1.02. The molecule has 0 saturated heterocycles. The normalized spacial score (nSPS) is 9.56. The van der Waals surface area contributed by atoms with Crippen molar-refractivity contribution in [1.82, 2.24) is 0 Å². The largest absolute Gasteiger partial charge is 2.00 e. The number of hydrogen-bond acceptors (Lipinski definition) is 0. The minimum absolute atomic E-state index is 0. The van der Waals surface area contributed by atoms with E-state index in [1.54, 1.807) is 10.4 Å². The van der Waals surface area contributed by atoms with Gasteiger partial charge in [-0.3, -0.25) is 0 Å². The van der Waals surface area contributed by atoms with Crippen LogP contribution in [0.15, 0.2) is 48.5 Å². The van der Waals surface area contributed by atoms with E-state index in [1.807, 2.05) is 0 Å². The van der Waals surface area contributed by atoms with Crippen LogP contribution in [0.2, 0.25) is 26.2 Å². The second-order valence-electron chi connectivity index (χ2n) is 3.87. The van der Waals surface area contributed by atoms with Crippen LogP contribution in [-0.2, 0) is 26.2 Å². The van der Waals surface area contributed by atoms with Gasteiger partial charge in [0.2, 0.25) is 0 Å². The molecular weight excluding hydrogens is 344 g/mol. The molecule has 0 fully saturated rings. The molecule has 4 heteroatoms. The fourth-order valence-corrected chi connectivity index (χ4v) is 2.79. The van der Waals surface area contributed by atoms with Crippen molar-refractivity contribution in [3.8, 4) is 0 Å². The second-order valence-corrected chi connectivity index (χ2v) is 8.07. The van der Waals surface area contributed by atoms with E-state index in [9.17, 15) is 0 Å². The van der Waals surface area contributed by atoms with E-state index in [0.717, 1.165) is 9.52 Å². The monoisotopic (exact) mass is 367 g/mol. The van der Waals surface area contributed by atoms with Gasteiger partial charge in [0.15, 0.2) is 0 Å². The van der Waals surface area contributed by atoms with Crippen LogP contribution in [-0.4, -0.2) is 28.6 Å². The quantitative estimate of drug-likeness (QED) is 0.548. The Labute approximate surface area is 139 Å². The zero-order chi connectivity index (χ0) is 12.9. The summed E-state index contributed by atoms with van der Waals surface area (Å²) in [6.45, 7) is 9.02. The van der Waals surface area contributed by atoms with Crippen molar-refractivity contribution in [2.24, 2.45) is 0 Å². The van der Waals surface area contributed by atoms with E-state index in [2.05, 4.69) is 74.7 Å². The van der Waals surface area contributed by atoms with Gasteiger partial charge in [-0.1, -0.05) is 26.2 Å². The van der Waals surface area contributed by atoms with Gasteiger partial charge in [0.1, 0.15) is 0 Å². The maximum atomic E-state index is 2.30. The zero-order valence-corrected chi connectivity index (χ0v) is 18.6. The van der Waals surface area contributed by atoms with E-state index in [-0.39, 0.29) is 45.2 Å². The summed E-state index contributed by atoms with van der Waals surface area (Å²) in [6, 6.07) is 17.2. The Kier molecular flexibility index (Phi) is 17.5. The first-order valence-electron chi connectivity index (χ1n) is 6.43. The molecule has 0 aliphatic heterocycles. The van der Waals surface area contributed by atoms with Gasteiger partial charge in [-0.2, -0.15) is 34.6 Å². The molecule has 0 saturated carbocycles. The molecule has 0 aliphatic carbocycles. The topological polar surface area (TPSA) is 0 Å². The van der Waals surface area contributed by atoms with Crippen LogP contribution < -0.4 is 10.4 Å². The minimum atomic E-state index is 0. The molecule has 97 valence electrons. The summed E-state index contributed by atoms with van der Waals surface area (Å²) < 4.78 is 0. The molecule has 0 unspecified atom stereocenters. The van der Waals surface area contributed by atoms with Crippen LogP contribution in [0, 0.1) is 0 Å². The summed E-state index contributed by atoms with van der Waals surface area (Å²) in [5.74, 6) is 0. The molecule has 0 atom stereocenters. The van der Waals surface area contributed by atoms with Crippen molar-refractivity contribution < 1.29 is 26.2 Å². The van der Waals surface area contributed by atoms with Gasteiger partial charge in [-0.15, -0.1) is 0 Å². The first-order chi connectivity index (χ1) is 8.28. The molecule has 0 bridgehead atoms. The first kappa shape index (κ1) is 20.5. The van der Waals surface area contributed by atoms with Gasteiger partial charge < -0.3 is 0 Å². The van der Waals surface area contributed by atoms with Crippen molar-refractivity contribution in [2.45, 2.75) is 26.2 Å². The van der Waals surface area contributed by atoms with Crippen LogP contribution in [0.3, 0.4) is 0 Å². The fraction of sp³-hybridized carbons (Fsp3) is 0.286. The molecule has 0 heterocycles. The van der Waals surface area contributed by atoms with Crippen LogP contribution in [0.4, 0.5) is 0 Å². The molecule has 0 N–H and O–H groups in total. The third-order valence-corrected chi connectivity index (χ3v) is 4.86. The summed E-state index contributed by atoms with van der Waals surface area (Å²) in [5.41, 5.74) is 0. The Balaban J connectivity index is 0. The second kappa shape index (κ2) is 15.3. The molecule has 2 rings (SSSR count). The zero-order valence-electron chi connectivity index (χ0n) is 12.1. The van der Waals surface area contributed by atoms with Crippen molar-refractivity contribution >= 4 is 38.9 Å². The standard InChI is InChI=1S/2C6H9Si.C2H7Si.Zr/c2*1-7-6-4-2-3-5-6;1-3-2;/h2*2-5H,7H2,1H3;3H,1-2H3;/q2*-1;;+2. The molecular formula is C14H25Si3Zr. The molecule has 18 heavy (non-hydrogen) atoms. The van der Waals surface area contributed by atoms with Crippen molar-refractivity contribution in [2.75, 3.05) is 0 Å². The van der Waals surface area contributed by atoms with Crippen LogP contribution in [0.5, 0.6) is 0 Å². The molecule has 0 aliphatic rings. The van der Waals surface area contributed by atoms with E-state index >= 15 is 0 Å². The Bertz CT molecular complexity index is 294. The van der Waals surface area contributed by atoms with Gasteiger partial charge in [-0.05, 0) is 19.0 Å². The van der Waals surface area contributed by atoms with Crippen molar-refractivity contribution in [1.29, 1.82) is 0 Å². The molecule has 0 nitrogen and oxygen atoms in total. The predicted molar refractivity (Wildman–Crippen MR) is 91.0 cm³/mol. The van der Waals surface area contributed by atoms with Crippen LogP contribution >= 0.6 is 0 Å². The summed E-state index contributed by atoms with van der Waals surface area (Å²) in [5, 5.41) is 3.14. The SMILES string of the molecule is C[SiH2][c-]1cccc1.C[SiH2][c-]1cccc1.C[SiH]C.[Zr+2]. The molecule has 2 aromatic carbocycles. The summed E-state index contributed by atoms with van der Waals surface area (Å²) in [4.78, 5) is 0. The minimum Gasteiger partial charge on any atom is -0.214 e. The van der Waals surface area contributed by atoms with Gasteiger partial charge in [0.25, 0.3) is 0 Å². The maximum absolute atomic E-state index is 2.30. The summed E-state index contributed by atoms with van der Waals surface area (Å²) in [6.07, 6.45) is 0. The molecule has 2 aromatic rings. The number of hydrogen-bond donors (Lipinski definition) is 0. The van der Waals surface area contributed by atoms with E-state index in [1.165, 1.54) is 0 Å². The van der Waals surface area contributed by atoms with Crippen molar-refractivity contribution in [3.63, 3.8) is 0 Å². The van der Waals surface area contributed by atoms with E-state index in [0.29, 0.717) is 0 Å². The Morgan fingerprint density at radius 3 is 1.06 bits per heavy atom. The average Bonchev–Trinajstić information content (AvgIpc) is 3.04. The van der Waals surface area contributed by atoms with Gasteiger partial charge in [0.05, 0.1) is 0 Å². The van der Waals surface area contributed by atoms with Gasteiger partial charge in [0, 0.05) is 9.52 Å². The van der Waals surface area contributed by atoms with Crippen LogP contribution in [0.25, 0.3) is 0 Å². The maximum Gasteiger partial charge on any atom is 2.00 e. The smallest absolute Gasteiger partial charge is 0.214 e. The molecule has 0 spiro atoms. The Morgan fingerprint density at radius 1 is 0.722 bits per heavy atom. The van der Waals surface area contributed by atoms with Crippen LogP contribution in [0.1, 0.15) is 0 Å². The van der Waals surface area contributed by atoms with Gasteiger partial charge in [-0.25, -0.2) is 24.3 Å².